The van der Waals surface area contributed by atoms with E-state index < -0.39 is 10.0 Å². The number of nitrogens with one attached hydrogen (secondary N) is 1. The van der Waals surface area contributed by atoms with E-state index in [9.17, 15) is 13.2 Å². The Labute approximate surface area is 146 Å². The Hall–Kier alpha value is -2.74. The standard InChI is InChI=1S/C17H18N2O5S/c1-3-19(12-4-6-13(23-2)7-5-12)25(21,22)14-8-9-16-15(10-14)18-17(20)11-24-16/h4-10H,3,11H2,1-2H3,(H,18,20). The van der Waals surface area contributed by atoms with Crippen LogP contribution in [0.3, 0.4) is 0 Å². The van der Waals surface area contributed by atoms with Crippen molar-refractivity contribution in [1.82, 2.24) is 0 Å². The Kier molecular flexibility index (Phi) is 4.54. The highest BCUT2D eigenvalue weighted by Crippen LogP contribution is 2.32. The molecule has 0 aliphatic carbocycles. The molecule has 3 rings (SSSR count). The van der Waals surface area contributed by atoms with Gasteiger partial charge in [0.15, 0.2) is 6.61 Å². The molecule has 2 aromatic rings. The summed E-state index contributed by atoms with van der Waals surface area (Å²) in [5.74, 6) is 0.779. The van der Waals surface area contributed by atoms with Crippen LogP contribution < -0.4 is 19.1 Å². The van der Waals surface area contributed by atoms with Crippen LogP contribution in [0.15, 0.2) is 47.4 Å². The van der Waals surface area contributed by atoms with Crippen molar-refractivity contribution in [2.45, 2.75) is 11.8 Å². The van der Waals surface area contributed by atoms with Gasteiger partial charge in [-0.25, -0.2) is 8.42 Å². The number of ether oxygens (including phenoxy) is 2. The first-order chi connectivity index (χ1) is 12.0. The second kappa shape index (κ2) is 6.64. The molecule has 1 heterocycles. The molecule has 0 saturated carbocycles. The fraction of sp³-hybridized carbons (Fsp3) is 0.235. The molecule has 1 aliphatic rings. The zero-order valence-electron chi connectivity index (χ0n) is 13.9. The molecule has 0 saturated heterocycles. The summed E-state index contributed by atoms with van der Waals surface area (Å²) in [5, 5.41) is 2.62. The third-order valence-electron chi connectivity index (χ3n) is 3.82. The van der Waals surface area contributed by atoms with Crippen molar-refractivity contribution >= 4 is 27.3 Å². The van der Waals surface area contributed by atoms with E-state index >= 15 is 0 Å². The molecule has 2 aromatic carbocycles. The topological polar surface area (TPSA) is 84.9 Å². The summed E-state index contributed by atoms with van der Waals surface area (Å²) in [6.07, 6.45) is 0. The van der Waals surface area contributed by atoms with Gasteiger partial charge in [0.1, 0.15) is 11.5 Å². The fourth-order valence-electron chi connectivity index (χ4n) is 2.59. The van der Waals surface area contributed by atoms with Crippen molar-refractivity contribution in [2.24, 2.45) is 0 Å². The number of fused-ring (bicyclic) bond motifs is 1. The summed E-state index contributed by atoms with van der Waals surface area (Å²) in [6, 6.07) is 11.2. The summed E-state index contributed by atoms with van der Waals surface area (Å²) in [5.41, 5.74) is 0.879. The van der Waals surface area contributed by atoms with Crippen LogP contribution in [0.2, 0.25) is 0 Å². The van der Waals surface area contributed by atoms with Gasteiger partial charge in [-0.15, -0.1) is 0 Å². The van der Waals surface area contributed by atoms with Crippen LogP contribution >= 0.6 is 0 Å². The predicted molar refractivity (Wildman–Crippen MR) is 93.8 cm³/mol. The molecule has 25 heavy (non-hydrogen) atoms. The smallest absolute Gasteiger partial charge is 0.264 e. The molecule has 132 valence electrons. The van der Waals surface area contributed by atoms with E-state index in [4.69, 9.17) is 9.47 Å². The SMILES string of the molecule is CCN(c1ccc(OC)cc1)S(=O)(=O)c1ccc2c(c1)NC(=O)CO2. The third kappa shape index (κ3) is 3.25. The van der Waals surface area contributed by atoms with Crippen LogP contribution in [0.25, 0.3) is 0 Å². The molecule has 1 aliphatic heterocycles. The molecule has 1 N–H and O–H groups in total. The average Bonchev–Trinajstić information content (AvgIpc) is 2.62. The number of amides is 1. The second-order valence-corrected chi connectivity index (χ2v) is 7.22. The lowest BCUT2D eigenvalue weighted by atomic mass is 10.2. The Morgan fingerprint density at radius 3 is 2.56 bits per heavy atom. The molecule has 0 fully saturated rings. The molecule has 0 bridgehead atoms. The zero-order valence-corrected chi connectivity index (χ0v) is 14.7. The van der Waals surface area contributed by atoms with Crippen molar-refractivity contribution in [3.05, 3.63) is 42.5 Å². The van der Waals surface area contributed by atoms with Crippen LogP contribution in [0.5, 0.6) is 11.5 Å². The Morgan fingerprint density at radius 1 is 1.20 bits per heavy atom. The monoisotopic (exact) mass is 362 g/mol. The lowest BCUT2D eigenvalue weighted by molar-refractivity contribution is -0.118. The van der Waals surface area contributed by atoms with E-state index in [1.165, 1.54) is 16.4 Å². The molecule has 7 nitrogen and oxygen atoms in total. The van der Waals surface area contributed by atoms with Gasteiger partial charge in [0.25, 0.3) is 15.9 Å². The maximum Gasteiger partial charge on any atom is 0.264 e. The van der Waals surface area contributed by atoms with Crippen LogP contribution in [0, 0.1) is 0 Å². The van der Waals surface area contributed by atoms with Crippen molar-refractivity contribution in [2.75, 3.05) is 29.9 Å². The molecular weight excluding hydrogens is 344 g/mol. The number of benzene rings is 2. The quantitative estimate of drug-likeness (QED) is 0.882. The number of hydrogen-bond acceptors (Lipinski definition) is 5. The molecule has 1 amide bonds. The number of nitrogens with zero attached hydrogens (tertiary/aromatic N) is 1. The summed E-state index contributed by atoms with van der Waals surface area (Å²) < 4.78 is 37.7. The van der Waals surface area contributed by atoms with Crippen molar-refractivity contribution in [1.29, 1.82) is 0 Å². The highest BCUT2D eigenvalue weighted by molar-refractivity contribution is 7.92. The number of sulfonamides is 1. The van der Waals surface area contributed by atoms with Gasteiger partial charge in [0.2, 0.25) is 0 Å². The van der Waals surface area contributed by atoms with Gasteiger partial charge in [0.05, 0.1) is 23.4 Å². The Morgan fingerprint density at radius 2 is 1.92 bits per heavy atom. The molecular formula is C17H18N2O5S. The van der Waals surface area contributed by atoms with E-state index in [0.29, 0.717) is 22.9 Å². The van der Waals surface area contributed by atoms with Gasteiger partial charge in [-0.3, -0.25) is 9.10 Å². The largest absolute Gasteiger partial charge is 0.497 e. The van der Waals surface area contributed by atoms with Crippen LogP contribution in [-0.4, -0.2) is 34.6 Å². The Balaban J connectivity index is 1.98. The van der Waals surface area contributed by atoms with Gasteiger partial charge >= 0.3 is 0 Å². The normalized spacial score (nSPS) is 13.4. The van der Waals surface area contributed by atoms with Crippen molar-refractivity contribution in [3.8, 4) is 11.5 Å². The number of carbonyl (C=O) groups excluding carboxylic acids is 1. The zero-order chi connectivity index (χ0) is 18.0. The van der Waals surface area contributed by atoms with Gasteiger partial charge in [-0.05, 0) is 49.4 Å². The van der Waals surface area contributed by atoms with Gasteiger partial charge in [-0.2, -0.15) is 0 Å². The lowest BCUT2D eigenvalue weighted by Crippen LogP contribution is -2.31. The predicted octanol–water partition coefficient (Wildman–Crippen LogP) is 2.24. The molecule has 0 aromatic heterocycles. The molecule has 0 spiro atoms. The van der Waals surface area contributed by atoms with E-state index in [0.717, 1.165) is 0 Å². The van der Waals surface area contributed by atoms with Crippen LogP contribution in [0.4, 0.5) is 11.4 Å². The maximum absolute atomic E-state index is 13.0. The summed E-state index contributed by atoms with van der Waals surface area (Å²) in [6.45, 7) is 1.94. The minimum absolute atomic E-state index is 0.0774. The molecule has 0 unspecified atom stereocenters. The number of carbonyl (C=O) groups is 1. The number of methoxy groups -OCH3 is 1. The number of anilines is 2. The van der Waals surface area contributed by atoms with Gasteiger partial charge < -0.3 is 14.8 Å². The van der Waals surface area contributed by atoms with Gasteiger partial charge in [0, 0.05) is 6.54 Å². The summed E-state index contributed by atoms with van der Waals surface area (Å²) in [4.78, 5) is 11.5. The highest BCUT2D eigenvalue weighted by atomic mass is 32.2. The Bertz CT molecular complexity index is 894. The summed E-state index contributed by atoms with van der Waals surface area (Å²) >= 11 is 0. The van der Waals surface area contributed by atoms with Gasteiger partial charge in [-0.1, -0.05) is 0 Å². The van der Waals surface area contributed by atoms with E-state index in [-0.39, 0.29) is 24.0 Å². The third-order valence-corrected chi connectivity index (χ3v) is 5.72. The summed E-state index contributed by atoms with van der Waals surface area (Å²) in [7, 11) is -2.24. The molecule has 0 atom stereocenters. The van der Waals surface area contributed by atoms with Crippen LogP contribution in [-0.2, 0) is 14.8 Å². The van der Waals surface area contributed by atoms with E-state index in [1.807, 2.05) is 0 Å². The van der Waals surface area contributed by atoms with Crippen molar-refractivity contribution in [3.63, 3.8) is 0 Å². The number of rotatable bonds is 5. The lowest BCUT2D eigenvalue weighted by Gasteiger charge is -2.24. The number of hydrogen-bond donors (Lipinski definition) is 1. The molecule has 8 heteroatoms. The fourth-order valence-corrected chi connectivity index (χ4v) is 4.09. The average molecular weight is 362 g/mol. The highest BCUT2D eigenvalue weighted by Gasteiger charge is 2.26. The van der Waals surface area contributed by atoms with Crippen LogP contribution in [0.1, 0.15) is 6.92 Å². The first-order valence-corrected chi connectivity index (χ1v) is 9.13. The minimum Gasteiger partial charge on any atom is -0.497 e. The molecule has 0 radical (unpaired) electrons. The minimum atomic E-state index is -3.79. The van der Waals surface area contributed by atoms with Crippen molar-refractivity contribution < 1.29 is 22.7 Å². The van der Waals surface area contributed by atoms with E-state index in [2.05, 4.69) is 5.32 Å². The first kappa shape index (κ1) is 17.1. The van der Waals surface area contributed by atoms with E-state index in [1.54, 1.807) is 44.4 Å². The maximum atomic E-state index is 13.0. The second-order valence-electron chi connectivity index (χ2n) is 5.36. The first-order valence-electron chi connectivity index (χ1n) is 7.69.